The van der Waals surface area contributed by atoms with Crippen molar-refractivity contribution in [1.82, 2.24) is 9.38 Å². The summed E-state index contributed by atoms with van der Waals surface area (Å²) in [7, 11) is 0. The molecule has 0 bridgehead atoms. The van der Waals surface area contributed by atoms with Crippen LogP contribution in [0.15, 0.2) is 18.3 Å². The van der Waals surface area contributed by atoms with Crippen molar-refractivity contribution in [1.29, 1.82) is 0 Å². The molecule has 1 unspecified atom stereocenters. The summed E-state index contributed by atoms with van der Waals surface area (Å²) in [6, 6.07) is 4.23. The van der Waals surface area contributed by atoms with Crippen molar-refractivity contribution in [3.63, 3.8) is 0 Å². The third-order valence-electron chi connectivity index (χ3n) is 3.46. The Morgan fingerprint density at radius 3 is 2.58 bits per heavy atom. The van der Waals surface area contributed by atoms with E-state index in [4.69, 9.17) is 10.7 Å². The first kappa shape index (κ1) is 14.1. The number of pyridine rings is 1. The van der Waals surface area contributed by atoms with E-state index in [1.165, 1.54) is 11.3 Å². The standard InChI is InChI=1S/C16H25N3/c1-6-7-12(17)14-15(16(3,4)5)18-13-9-8-11(2)10-19(13)14/h8-10,12H,6-7,17H2,1-5H3. The van der Waals surface area contributed by atoms with Gasteiger partial charge in [-0.3, -0.25) is 0 Å². The maximum absolute atomic E-state index is 6.40. The smallest absolute Gasteiger partial charge is 0.137 e. The third kappa shape index (κ3) is 2.66. The molecule has 0 aliphatic carbocycles. The van der Waals surface area contributed by atoms with Crippen molar-refractivity contribution in [2.75, 3.05) is 0 Å². The molecule has 2 aromatic rings. The van der Waals surface area contributed by atoms with Crippen molar-refractivity contribution in [2.45, 2.75) is 58.9 Å². The first-order chi connectivity index (χ1) is 8.84. The van der Waals surface area contributed by atoms with Crippen molar-refractivity contribution >= 4 is 5.65 Å². The van der Waals surface area contributed by atoms with Gasteiger partial charge in [0.15, 0.2) is 0 Å². The van der Waals surface area contributed by atoms with Gasteiger partial charge in [0, 0.05) is 17.7 Å². The number of imidazole rings is 1. The molecule has 0 aliphatic heterocycles. The zero-order valence-electron chi connectivity index (χ0n) is 12.7. The Morgan fingerprint density at radius 2 is 2.00 bits per heavy atom. The summed E-state index contributed by atoms with van der Waals surface area (Å²) in [5.74, 6) is 0. The maximum Gasteiger partial charge on any atom is 0.137 e. The van der Waals surface area contributed by atoms with Crippen LogP contribution in [-0.2, 0) is 5.41 Å². The van der Waals surface area contributed by atoms with Crippen LogP contribution in [0, 0.1) is 6.92 Å². The van der Waals surface area contributed by atoms with E-state index in [2.05, 4.69) is 57.3 Å². The van der Waals surface area contributed by atoms with Crippen LogP contribution in [0.1, 0.15) is 63.5 Å². The minimum atomic E-state index is 0.0145. The summed E-state index contributed by atoms with van der Waals surface area (Å²) in [6.07, 6.45) is 4.22. The number of rotatable bonds is 3. The maximum atomic E-state index is 6.40. The van der Waals surface area contributed by atoms with Gasteiger partial charge in [0.1, 0.15) is 5.65 Å². The monoisotopic (exact) mass is 259 g/mol. The zero-order chi connectivity index (χ0) is 14.2. The van der Waals surface area contributed by atoms with Crippen LogP contribution < -0.4 is 5.73 Å². The summed E-state index contributed by atoms with van der Waals surface area (Å²) in [5, 5.41) is 0. The predicted molar refractivity (Wildman–Crippen MR) is 80.5 cm³/mol. The van der Waals surface area contributed by atoms with Crippen LogP contribution in [0.3, 0.4) is 0 Å². The molecule has 0 saturated heterocycles. The molecule has 104 valence electrons. The van der Waals surface area contributed by atoms with Crippen LogP contribution in [0.4, 0.5) is 0 Å². The van der Waals surface area contributed by atoms with Gasteiger partial charge in [-0.05, 0) is 25.0 Å². The van der Waals surface area contributed by atoms with E-state index in [1.54, 1.807) is 0 Å². The topological polar surface area (TPSA) is 43.3 Å². The molecular weight excluding hydrogens is 234 g/mol. The predicted octanol–water partition coefficient (Wildman–Crippen LogP) is 3.74. The van der Waals surface area contributed by atoms with E-state index in [0.29, 0.717) is 0 Å². The quantitative estimate of drug-likeness (QED) is 0.912. The van der Waals surface area contributed by atoms with Crippen molar-refractivity contribution < 1.29 is 0 Å². The van der Waals surface area contributed by atoms with E-state index in [-0.39, 0.29) is 11.5 Å². The van der Waals surface area contributed by atoms with Crippen LogP contribution in [0.25, 0.3) is 5.65 Å². The van der Waals surface area contributed by atoms with Crippen LogP contribution in [0.5, 0.6) is 0 Å². The molecule has 19 heavy (non-hydrogen) atoms. The second kappa shape index (κ2) is 4.97. The van der Waals surface area contributed by atoms with Gasteiger partial charge >= 0.3 is 0 Å². The van der Waals surface area contributed by atoms with Gasteiger partial charge in [0.05, 0.1) is 11.4 Å². The van der Waals surface area contributed by atoms with Crippen molar-refractivity contribution in [3.8, 4) is 0 Å². The lowest BCUT2D eigenvalue weighted by atomic mass is 9.88. The van der Waals surface area contributed by atoms with E-state index in [0.717, 1.165) is 24.2 Å². The molecule has 2 N–H and O–H groups in total. The lowest BCUT2D eigenvalue weighted by Gasteiger charge is -2.21. The summed E-state index contributed by atoms with van der Waals surface area (Å²) in [6.45, 7) is 10.9. The number of aromatic nitrogens is 2. The molecule has 2 heterocycles. The highest BCUT2D eigenvalue weighted by Gasteiger charge is 2.26. The second-order valence-corrected chi connectivity index (χ2v) is 6.43. The molecular formula is C16H25N3. The molecule has 0 amide bonds. The van der Waals surface area contributed by atoms with Gasteiger partial charge in [-0.2, -0.15) is 0 Å². The SMILES string of the molecule is CCCC(N)c1c(C(C)(C)C)nc2ccc(C)cn12. The van der Waals surface area contributed by atoms with Gasteiger partial charge in [-0.15, -0.1) is 0 Å². The largest absolute Gasteiger partial charge is 0.323 e. The fourth-order valence-electron chi connectivity index (χ4n) is 2.52. The molecule has 0 saturated carbocycles. The Morgan fingerprint density at radius 1 is 1.32 bits per heavy atom. The molecule has 3 nitrogen and oxygen atoms in total. The molecule has 0 aromatic carbocycles. The van der Waals surface area contributed by atoms with Gasteiger partial charge in [0.2, 0.25) is 0 Å². The minimum Gasteiger partial charge on any atom is -0.323 e. The Hall–Kier alpha value is -1.35. The third-order valence-corrected chi connectivity index (χ3v) is 3.46. The first-order valence-corrected chi connectivity index (χ1v) is 7.09. The summed E-state index contributed by atoms with van der Waals surface area (Å²) >= 11 is 0. The summed E-state index contributed by atoms with van der Waals surface area (Å²) < 4.78 is 2.18. The molecule has 2 rings (SSSR count). The highest BCUT2D eigenvalue weighted by atomic mass is 15.0. The van der Waals surface area contributed by atoms with Gasteiger partial charge < -0.3 is 10.1 Å². The highest BCUT2D eigenvalue weighted by molar-refractivity contribution is 5.47. The Balaban J connectivity index is 2.70. The highest BCUT2D eigenvalue weighted by Crippen LogP contribution is 2.31. The molecule has 2 aromatic heterocycles. The fourth-order valence-corrected chi connectivity index (χ4v) is 2.52. The summed E-state index contributed by atoms with van der Waals surface area (Å²) in [5.41, 5.74) is 10.9. The Kier molecular flexibility index (Phi) is 3.68. The average molecular weight is 259 g/mol. The van der Waals surface area contributed by atoms with Crippen molar-refractivity contribution in [3.05, 3.63) is 35.3 Å². The van der Waals surface area contributed by atoms with E-state index in [9.17, 15) is 0 Å². The molecule has 0 aliphatic rings. The number of hydrogen-bond donors (Lipinski definition) is 1. The van der Waals surface area contributed by atoms with E-state index < -0.39 is 0 Å². The van der Waals surface area contributed by atoms with E-state index >= 15 is 0 Å². The van der Waals surface area contributed by atoms with Crippen LogP contribution in [0.2, 0.25) is 0 Å². The van der Waals surface area contributed by atoms with Gasteiger partial charge in [-0.25, -0.2) is 4.98 Å². The lowest BCUT2D eigenvalue weighted by Crippen LogP contribution is -2.21. The van der Waals surface area contributed by atoms with Crippen LogP contribution >= 0.6 is 0 Å². The number of fused-ring (bicyclic) bond motifs is 1. The summed E-state index contributed by atoms with van der Waals surface area (Å²) in [4.78, 5) is 4.81. The lowest BCUT2D eigenvalue weighted by molar-refractivity contribution is 0.536. The number of hydrogen-bond acceptors (Lipinski definition) is 2. The number of nitrogens with zero attached hydrogens (tertiary/aromatic N) is 2. The minimum absolute atomic E-state index is 0.0145. The molecule has 0 radical (unpaired) electrons. The molecule has 1 atom stereocenters. The average Bonchev–Trinajstić information content (AvgIpc) is 2.67. The molecule has 0 fully saturated rings. The molecule has 0 spiro atoms. The molecule has 3 heteroatoms. The second-order valence-electron chi connectivity index (χ2n) is 6.43. The number of nitrogens with two attached hydrogens (primary N) is 1. The van der Waals surface area contributed by atoms with Crippen molar-refractivity contribution in [2.24, 2.45) is 5.73 Å². The van der Waals surface area contributed by atoms with Gasteiger partial charge in [-0.1, -0.05) is 40.2 Å². The fraction of sp³-hybridized carbons (Fsp3) is 0.562. The Labute approximate surface area is 115 Å². The van der Waals surface area contributed by atoms with Gasteiger partial charge in [0.25, 0.3) is 0 Å². The first-order valence-electron chi connectivity index (χ1n) is 7.09. The van der Waals surface area contributed by atoms with Crippen LogP contribution in [-0.4, -0.2) is 9.38 Å². The zero-order valence-corrected chi connectivity index (χ0v) is 12.7. The van der Waals surface area contributed by atoms with E-state index in [1.807, 2.05) is 0 Å². The Bertz CT molecular complexity index is 575. The number of aryl methyl sites for hydroxylation is 1. The normalized spacial score (nSPS) is 14.0.